The number of rotatable bonds is 3. The van der Waals surface area contributed by atoms with E-state index in [1.807, 2.05) is 36.1 Å². The predicted molar refractivity (Wildman–Crippen MR) is 101 cm³/mol. The topological polar surface area (TPSA) is 50.8 Å². The average molecular weight is 356 g/mol. The van der Waals surface area contributed by atoms with Gasteiger partial charge in [0.1, 0.15) is 5.75 Å². The van der Waals surface area contributed by atoms with Crippen LogP contribution in [0.4, 0.5) is 5.69 Å². The molecule has 1 aliphatic rings. The van der Waals surface area contributed by atoms with E-state index in [1.54, 1.807) is 24.3 Å². The van der Waals surface area contributed by atoms with Crippen molar-refractivity contribution in [2.45, 2.75) is 6.92 Å². The van der Waals surface area contributed by atoms with Crippen LogP contribution in [0.15, 0.2) is 48.5 Å². The van der Waals surface area contributed by atoms with Crippen molar-refractivity contribution in [3.05, 3.63) is 59.7 Å². The van der Waals surface area contributed by atoms with Gasteiger partial charge in [-0.2, -0.15) is 0 Å². The summed E-state index contributed by atoms with van der Waals surface area (Å²) in [6.45, 7) is 4.72. The third-order valence-corrected chi connectivity index (χ3v) is 4.22. The van der Waals surface area contributed by atoms with Crippen LogP contribution in [0.3, 0.4) is 0 Å². The Balaban J connectivity index is 1.64. The summed E-state index contributed by atoms with van der Waals surface area (Å²) in [6, 6.07) is 14.7. The molecule has 2 aromatic rings. The lowest BCUT2D eigenvalue weighted by Crippen LogP contribution is -2.42. The van der Waals surface area contributed by atoms with Gasteiger partial charge in [0.25, 0.3) is 11.1 Å². The van der Waals surface area contributed by atoms with Gasteiger partial charge < -0.3 is 19.7 Å². The van der Waals surface area contributed by atoms with E-state index < -0.39 is 0 Å². The Morgan fingerprint density at radius 2 is 1.88 bits per heavy atom. The Morgan fingerprint density at radius 3 is 2.60 bits per heavy atom. The number of nitrogens with zero attached hydrogens (tertiary/aromatic N) is 1. The summed E-state index contributed by atoms with van der Waals surface area (Å²) in [5, 5.41) is 3.28. The predicted octanol–water partition coefficient (Wildman–Crippen LogP) is 3.24. The van der Waals surface area contributed by atoms with E-state index in [1.165, 1.54) is 0 Å². The number of anilines is 1. The van der Waals surface area contributed by atoms with Crippen molar-refractivity contribution in [3.8, 4) is 5.75 Å². The average Bonchev–Trinajstić information content (AvgIpc) is 2.64. The van der Waals surface area contributed by atoms with Gasteiger partial charge >= 0.3 is 0 Å². The summed E-state index contributed by atoms with van der Waals surface area (Å²) >= 11 is 5.33. The van der Waals surface area contributed by atoms with Gasteiger partial charge in [-0.3, -0.25) is 4.79 Å². The lowest BCUT2D eigenvalue weighted by molar-refractivity contribution is 0.0631. The van der Waals surface area contributed by atoms with Gasteiger partial charge in [0.2, 0.25) is 0 Å². The minimum atomic E-state index is -0.188. The number of ether oxygens (including phenoxy) is 2. The first-order valence-corrected chi connectivity index (χ1v) is 8.55. The van der Waals surface area contributed by atoms with Crippen molar-refractivity contribution < 1.29 is 14.3 Å². The van der Waals surface area contributed by atoms with Crippen LogP contribution in [0.1, 0.15) is 15.9 Å². The second-order valence-electron chi connectivity index (χ2n) is 5.82. The molecule has 0 bridgehead atoms. The number of amides is 1. The van der Waals surface area contributed by atoms with E-state index >= 15 is 0 Å². The lowest BCUT2D eigenvalue weighted by atomic mass is 10.2. The molecule has 1 N–H and O–H groups in total. The zero-order valence-electron chi connectivity index (χ0n) is 14.0. The maximum Gasteiger partial charge on any atom is 0.264 e. The van der Waals surface area contributed by atoms with Crippen LogP contribution in [-0.4, -0.2) is 42.3 Å². The molecule has 1 saturated heterocycles. The number of morpholine rings is 1. The molecular formula is C19H20N2O3S. The minimum absolute atomic E-state index is 0.188. The SMILES string of the molecule is Cc1ccc(NC(=O)c2cccc(OC(=S)N3CCOCC3)c2)cc1. The fraction of sp³-hybridized carbons (Fsp3) is 0.263. The van der Waals surface area contributed by atoms with Gasteiger partial charge in [-0.1, -0.05) is 23.8 Å². The highest BCUT2D eigenvalue weighted by molar-refractivity contribution is 7.80. The van der Waals surface area contributed by atoms with E-state index in [2.05, 4.69) is 5.32 Å². The molecule has 1 fully saturated rings. The van der Waals surface area contributed by atoms with Crippen LogP contribution in [-0.2, 0) is 4.74 Å². The maximum absolute atomic E-state index is 12.4. The first-order chi connectivity index (χ1) is 12.1. The zero-order chi connectivity index (χ0) is 17.6. The smallest absolute Gasteiger partial charge is 0.264 e. The number of aryl methyl sites for hydroxylation is 1. The summed E-state index contributed by atoms with van der Waals surface area (Å²) in [5.41, 5.74) is 2.42. The molecule has 6 heteroatoms. The first-order valence-electron chi connectivity index (χ1n) is 8.14. The molecule has 0 aromatic heterocycles. The lowest BCUT2D eigenvalue weighted by Gasteiger charge is -2.28. The van der Waals surface area contributed by atoms with Crippen LogP contribution in [0.25, 0.3) is 0 Å². The Labute approximate surface area is 152 Å². The fourth-order valence-corrected chi connectivity index (χ4v) is 2.73. The highest BCUT2D eigenvalue weighted by atomic mass is 32.1. The van der Waals surface area contributed by atoms with Crippen molar-refractivity contribution in [2.75, 3.05) is 31.6 Å². The standard InChI is InChI=1S/C19H20N2O3S/c1-14-5-7-16(8-6-14)20-18(22)15-3-2-4-17(13-15)24-19(25)21-9-11-23-12-10-21/h2-8,13H,9-12H2,1H3,(H,20,22). The summed E-state index contributed by atoms with van der Waals surface area (Å²) in [7, 11) is 0. The molecule has 1 heterocycles. The molecule has 0 aliphatic carbocycles. The molecule has 1 amide bonds. The molecular weight excluding hydrogens is 336 g/mol. The molecule has 0 radical (unpaired) electrons. The highest BCUT2D eigenvalue weighted by Gasteiger charge is 2.16. The minimum Gasteiger partial charge on any atom is -0.432 e. The van der Waals surface area contributed by atoms with Crippen molar-refractivity contribution >= 4 is 29.0 Å². The second-order valence-corrected chi connectivity index (χ2v) is 6.16. The number of hydrogen-bond acceptors (Lipinski definition) is 4. The summed E-state index contributed by atoms with van der Waals surface area (Å²) in [4.78, 5) is 14.4. The first kappa shape index (κ1) is 17.4. The summed E-state index contributed by atoms with van der Waals surface area (Å²) in [5.74, 6) is 0.361. The molecule has 0 saturated carbocycles. The Bertz CT molecular complexity index is 756. The summed E-state index contributed by atoms with van der Waals surface area (Å²) in [6.07, 6.45) is 0. The van der Waals surface area contributed by atoms with Gasteiger partial charge in [0, 0.05) is 24.3 Å². The van der Waals surface area contributed by atoms with Crippen LogP contribution in [0.5, 0.6) is 5.75 Å². The number of benzene rings is 2. The number of thiocarbonyl (C=S) groups is 1. The van der Waals surface area contributed by atoms with E-state index in [4.69, 9.17) is 21.7 Å². The Kier molecular flexibility index (Phi) is 5.63. The summed E-state index contributed by atoms with van der Waals surface area (Å²) < 4.78 is 11.0. The normalized spacial score (nSPS) is 14.0. The fourth-order valence-electron chi connectivity index (χ4n) is 2.45. The van der Waals surface area contributed by atoms with Crippen molar-refractivity contribution in [3.63, 3.8) is 0 Å². The number of hydrogen-bond donors (Lipinski definition) is 1. The number of nitrogens with one attached hydrogen (secondary N) is 1. The van der Waals surface area contributed by atoms with Gasteiger partial charge in [0.15, 0.2) is 0 Å². The number of carbonyl (C=O) groups excluding carboxylic acids is 1. The van der Waals surface area contributed by atoms with Gasteiger partial charge in [-0.05, 0) is 49.5 Å². The Hall–Kier alpha value is -2.44. The molecule has 2 aromatic carbocycles. The van der Waals surface area contributed by atoms with E-state index in [9.17, 15) is 4.79 Å². The molecule has 0 unspecified atom stereocenters. The van der Waals surface area contributed by atoms with Crippen LogP contribution in [0.2, 0.25) is 0 Å². The van der Waals surface area contributed by atoms with Gasteiger partial charge in [-0.15, -0.1) is 0 Å². The molecule has 3 rings (SSSR count). The second kappa shape index (κ2) is 8.09. The van der Waals surface area contributed by atoms with Crippen LogP contribution >= 0.6 is 12.2 Å². The maximum atomic E-state index is 12.4. The zero-order valence-corrected chi connectivity index (χ0v) is 14.8. The van der Waals surface area contributed by atoms with Gasteiger partial charge in [-0.25, -0.2) is 0 Å². The van der Waals surface area contributed by atoms with Crippen LogP contribution < -0.4 is 10.1 Å². The van der Waals surface area contributed by atoms with Crippen molar-refractivity contribution in [1.82, 2.24) is 4.90 Å². The molecule has 0 atom stereocenters. The quantitative estimate of drug-likeness (QED) is 0.856. The molecule has 25 heavy (non-hydrogen) atoms. The van der Waals surface area contributed by atoms with E-state index in [-0.39, 0.29) is 5.91 Å². The van der Waals surface area contributed by atoms with Crippen LogP contribution in [0, 0.1) is 6.92 Å². The number of carbonyl (C=O) groups is 1. The molecule has 5 nitrogen and oxygen atoms in total. The van der Waals surface area contributed by atoms with Crippen molar-refractivity contribution in [1.29, 1.82) is 0 Å². The third-order valence-electron chi connectivity index (χ3n) is 3.88. The largest absolute Gasteiger partial charge is 0.432 e. The van der Waals surface area contributed by atoms with E-state index in [0.717, 1.165) is 11.3 Å². The highest BCUT2D eigenvalue weighted by Crippen LogP contribution is 2.17. The molecule has 130 valence electrons. The van der Waals surface area contributed by atoms with Gasteiger partial charge in [0.05, 0.1) is 13.2 Å². The molecule has 1 aliphatic heterocycles. The van der Waals surface area contributed by atoms with E-state index in [0.29, 0.717) is 42.8 Å². The Morgan fingerprint density at radius 1 is 1.16 bits per heavy atom. The monoisotopic (exact) mass is 356 g/mol. The molecule has 0 spiro atoms. The van der Waals surface area contributed by atoms with Crippen molar-refractivity contribution in [2.24, 2.45) is 0 Å². The third kappa shape index (κ3) is 4.78.